The minimum atomic E-state index is -4.14. The number of nitrogens with zero attached hydrogens (tertiary/aromatic N) is 1. The van der Waals surface area contributed by atoms with Gasteiger partial charge in [0, 0.05) is 18.7 Å². The maximum Gasteiger partial charge on any atom is 0.389 e. The van der Waals surface area contributed by atoms with Crippen molar-refractivity contribution >= 4 is 0 Å². The normalized spacial score (nSPS) is 11.5. The van der Waals surface area contributed by atoms with Gasteiger partial charge in [-0.2, -0.15) is 13.2 Å². The Labute approximate surface area is 90.9 Å². The highest BCUT2D eigenvalue weighted by atomic mass is 19.4. The van der Waals surface area contributed by atoms with E-state index in [4.69, 9.17) is 9.84 Å². The van der Waals surface area contributed by atoms with Crippen LogP contribution in [0.15, 0.2) is 18.3 Å². The topological polar surface area (TPSA) is 42.4 Å². The summed E-state index contributed by atoms with van der Waals surface area (Å²) >= 11 is 0. The van der Waals surface area contributed by atoms with Gasteiger partial charge in [-0.15, -0.1) is 0 Å². The van der Waals surface area contributed by atoms with E-state index in [1.165, 1.54) is 18.3 Å². The van der Waals surface area contributed by atoms with E-state index in [1.807, 2.05) is 0 Å². The Morgan fingerprint density at radius 1 is 1.38 bits per heavy atom. The number of aliphatic hydroxyl groups excluding tert-OH is 1. The third kappa shape index (κ3) is 4.97. The number of hydrogen-bond acceptors (Lipinski definition) is 3. The van der Waals surface area contributed by atoms with E-state index in [0.717, 1.165) is 0 Å². The van der Waals surface area contributed by atoms with Gasteiger partial charge < -0.3 is 9.84 Å². The number of halogens is 3. The predicted octanol–water partition coefficient (Wildman–Crippen LogP) is 2.30. The van der Waals surface area contributed by atoms with Crippen molar-refractivity contribution in [2.75, 3.05) is 6.61 Å². The van der Waals surface area contributed by atoms with Crippen LogP contribution >= 0.6 is 0 Å². The summed E-state index contributed by atoms with van der Waals surface area (Å²) in [7, 11) is 0. The van der Waals surface area contributed by atoms with Crippen molar-refractivity contribution < 1.29 is 23.0 Å². The molecule has 0 aromatic carbocycles. The monoisotopic (exact) mass is 235 g/mol. The lowest BCUT2D eigenvalue weighted by atomic mass is 10.3. The lowest BCUT2D eigenvalue weighted by Crippen LogP contribution is -2.09. The SMILES string of the molecule is OCc1cc(OCCCC(F)(F)F)ccn1. The van der Waals surface area contributed by atoms with E-state index < -0.39 is 12.6 Å². The summed E-state index contributed by atoms with van der Waals surface area (Å²) in [5.41, 5.74) is 0.424. The number of rotatable bonds is 5. The lowest BCUT2D eigenvalue weighted by molar-refractivity contribution is -0.136. The van der Waals surface area contributed by atoms with E-state index in [0.29, 0.717) is 11.4 Å². The molecule has 0 aliphatic carbocycles. The molecule has 0 atom stereocenters. The van der Waals surface area contributed by atoms with Gasteiger partial charge in [-0.1, -0.05) is 0 Å². The fraction of sp³-hybridized carbons (Fsp3) is 0.500. The Balaban J connectivity index is 2.32. The molecule has 0 saturated carbocycles. The van der Waals surface area contributed by atoms with E-state index in [-0.39, 0.29) is 19.6 Å². The molecule has 0 fully saturated rings. The maximum absolute atomic E-state index is 11.8. The summed E-state index contributed by atoms with van der Waals surface area (Å²) in [6, 6.07) is 3.03. The van der Waals surface area contributed by atoms with Crippen LogP contribution in [0.1, 0.15) is 18.5 Å². The average molecular weight is 235 g/mol. The average Bonchev–Trinajstić information content (AvgIpc) is 2.23. The summed E-state index contributed by atoms with van der Waals surface area (Å²) in [5, 5.41) is 8.77. The zero-order chi connectivity index (χ0) is 12.0. The Morgan fingerprint density at radius 3 is 2.75 bits per heavy atom. The second kappa shape index (κ2) is 5.69. The molecule has 16 heavy (non-hydrogen) atoms. The Hall–Kier alpha value is -1.30. The summed E-state index contributed by atoms with van der Waals surface area (Å²) in [5.74, 6) is 0.418. The molecule has 1 aromatic rings. The second-order valence-electron chi connectivity index (χ2n) is 3.21. The molecule has 0 unspecified atom stereocenters. The van der Waals surface area contributed by atoms with Crippen LogP contribution < -0.4 is 4.74 Å². The van der Waals surface area contributed by atoms with E-state index in [1.54, 1.807) is 0 Å². The summed E-state index contributed by atoms with van der Waals surface area (Å²) in [4.78, 5) is 3.82. The molecule has 0 amide bonds. The highest BCUT2D eigenvalue weighted by Gasteiger charge is 2.26. The fourth-order valence-corrected chi connectivity index (χ4v) is 1.09. The number of ether oxygens (including phenoxy) is 1. The molecule has 1 rings (SSSR count). The van der Waals surface area contributed by atoms with Crippen LogP contribution in [0.2, 0.25) is 0 Å². The number of hydrogen-bond donors (Lipinski definition) is 1. The number of alkyl halides is 3. The largest absolute Gasteiger partial charge is 0.493 e. The van der Waals surface area contributed by atoms with Gasteiger partial charge in [-0.3, -0.25) is 4.98 Å². The van der Waals surface area contributed by atoms with Crippen molar-refractivity contribution in [2.45, 2.75) is 25.6 Å². The van der Waals surface area contributed by atoms with Gasteiger partial charge >= 0.3 is 6.18 Å². The Bertz CT molecular complexity index is 328. The van der Waals surface area contributed by atoms with E-state index >= 15 is 0 Å². The van der Waals surface area contributed by atoms with Crippen LogP contribution in [0.5, 0.6) is 5.75 Å². The molecule has 0 aliphatic rings. The van der Waals surface area contributed by atoms with Crippen LogP contribution in [0, 0.1) is 0 Å². The van der Waals surface area contributed by atoms with Gasteiger partial charge in [0.15, 0.2) is 0 Å². The number of aromatic nitrogens is 1. The molecule has 1 heterocycles. The zero-order valence-corrected chi connectivity index (χ0v) is 8.50. The van der Waals surface area contributed by atoms with Crippen molar-refractivity contribution in [2.24, 2.45) is 0 Å². The molecule has 6 heteroatoms. The molecular formula is C10H12F3NO2. The number of pyridine rings is 1. The van der Waals surface area contributed by atoms with Gasteiger partial charge in [-0.25, -0.2) is 0 Å². The first-order valence-electron chi connectivity index (χ1n) is 4.76. The van der Waals surface area contributed by atoms with Crippen molar-refractivity contribution in [1.82, 2.24) is 4.98 Å². The van der Waals surface area contributed by atoms with Crippen molar-refractivity contribution in [1.29, 1.82) is 0 Å². The first-order valence-corrected chi connectivity index (χ1v) is 4.76. The van der Waals surface area contributed by atoms with Crippen molar-refractivity contribution in [3.05, 3.63) is 24.0 Å². The van der Waals surface area contributed by atoms with Crippen LogP contribution in [0.25, 0.3) is 0 Å². The van der Waals surface area contributed by atoms with Gasteiger partial charge in [0.05, 0.1) is 18.9 Å². The summed E-state index contributed by atoms with van der Waals surface area (Å²) in [6.45, 7) is -0.228. The molecule has 3 nitrogen and oxygen atoms in total. The van der Waals surface area contributed by atoms with E-state index in [9.17, 15) is 13.2 Å². The number of aliphatic hydroxyl groups is 1. The van der Waals surface area contributed by atoms with Gasteiger partial charge in [0.25, 0.3) is 0 Å². The molecule has 0 saturated heterocycles. The fourth-order valence-electron chi connectivity index (χ4n) is 1.09. The van der Waals surface area contributed by atoms with Crippen molar-refractivity contribution in [3.8, 4) is 5.75 Å². The third-order valence-corrected chi connectivity index (χ3v) is 1.82. The van der Waals surface area contributed by atoms with Crippen LogP contribution in [0.4, 0.5) is 13.2 Å². The first-order chi connectivity index (χ1) is 7.51. The quantitative estimate of drug-likeness (QED) is 0.796. The lowest BCUT2D eigenvalue weighted by Gasteiger charge is -2.08. The third-order valence-electron chi connectivity index (χ3n) is 1.82. The molecule has 90 valence electrons. The molecule has 0 aliphatic heterocycles. The molecule has 0 radical (unpaired) electrons. The van der Waals surface area contributed by atoms with Crippen LogP contribution in [0.3, 0.4) is 0 Å². The summed E-state index contributed by atoms with van der Waals surface area (Å²) < 4.78 is 40.5. The molecule has 0 bridgehead atoms. The van der Waals surface area contributed by atoms with E-state index in [2.05, 4.69) is 4.98 Å². The highest BCUT2D eigenvalue weighted by Crippen LogP contribution is 2.21. The van der Waals surface area contributed by atoms with Gasteiger partial charge in [0.1, 0.15) is 5.75 Å². The van der Waals surface area contributed by atoms with Crippen molar-refractivity contribution in [3.63, 3.8) is 0 Å². The smallest absolute Gasteiger partial charge is 0.389 e. The zero-order valence-electron chi connectivity index (χ0n) is 8.50. The predicted molar refractivity (Wildman–Crippen MR) is 50.9 cm³/mol. The van der Waals surface area contributed by atoms with Gasteiger partial charge in [-0.05, 0) is 12.5 Å². The Morgan fingerprint density at radius 2 is 2.12 bits per heavy atom. The highest BCUT2D eigenvalue weighted by molar-refractivity contribution is 5.22. The first kappa shape index (κ1) is 12.8. The van der Waals surface area contributed by atoms with Gasteiger partial charge in [0.2, 0.25) is 0 Å². The minimum absolute atomic E-state index is 0.00556. The standard InChI is InChI=1S/C10H12F3NO2/c11-10(12,13)3-1-5-16-9-2-4-14-8(6-9)7-15/h2,4,6,15H,1,3,5,7H2. The van der Waals surface area contributed by atoms with Crippen LogP contribution in [-0.2, 0) is 6.61 Å². The maximum atomic E-state index is 11.8. The molecule has 1 aromatic heterocycles. The summed E-state index contributed by atoms with van der Waals surface area (Å²) in [6.07, 6.45) is -3.65. The molecule has 0 spiro atoms. The Kier molecular flexibility index (Phi) is 4.54. The minimum Gasteiger partial charge on any atom is -0.493 e. The molecule has 1 N–H and O–H groups in total. The second-order valence-corrected chi connectivity index (χ2v) is 3.21. The molecular weight excluding hydrogens is 223 g/mol. The van der Waals surface area contributed by atoms with Crippen LogP contribution in [-0.4, -0.2) is 22.9 Å².